The molecule has 0 saturated carbocycles. The third kappa shape index (κ3) is 3.90. The Balaban J connectivity index is 1.70. The maximum Gasteiger partial charge on any atom is 0.387 e. The molecule has 0 amide bonds. The molecule has 0 aliphatic carbocycles. The number of nitrogens with zero attached hydrogens (tertiary/aromatic N) is 7. The van der Waals surface area contributed by atoms with E-state index < -0.39 is 12.7 Å². The molecule has 0 radical (unpaired) electrons. The van der Waals surface area contributed by atoms with Crippen LogP contribution < -0.4 is 10.1 Å². The summed E-state index contributed by atoms with van der Waals surface area (Å²) in [5.74, 6) is 1.11. The third-order valence-corrected chi connectivity index (χ3v) is 4.16. The van der Waals surface area contributed by atoms with Gasteiger partial charge in [-0.2, -0.15) is 18.6 Å². The molecule has 12 heteroatoms. The van der Waals surface area contributed by atoms with Crippen molar-refractivity contribution in [3.05, 3.63) is 54.1 Å². The van der Waals surface area contributed by atoms with Crippen LogP contribution in [0.5, 0.6) is 5.75 Å². The van der Waals surface area contributed by atoms with Gasteiger partial charge in [-0.25, -0.2) is 24.9 Å². The number of anilines is 1. The minimum Gasteiger partial charge on any atom is -0.432 e. The smallest absolute Gasteiger partial charge is 0.387 e. The standard InChI is InChI=1S/C17H13ClF2N8O/c1-9(15-25-8-26-28(15)17-21-3-2-4-22-17)27-14-11-5-10(18)6-12(29-16(19)20)13(11)23-7-24-14/h2-9,16H,1H3,(H,23,24,27)/t9-/m0/s1. The van der Waals surface area contributed by atoms with Crippen LogP contribution in [0.1, 0.15) is 18.8 Å². The van der Waals surface area contributed by atoms with Gasteiger partial charge < -0.3 is 10.1 Å². The fourth-order valence-electron chi connectivity index (χ4n) is 2.77. The second-order valence-corrected chi connectivity index (χ2v) is 6.28. The molecule has 0 aliphatic rings. The van der Waals surface area contributed by atoms with Crippen LogP contribution in [0, 0.1) is 0 Å². The highest BCUT2D eigenvalue weighted by molar-refractivity contribution is 6.31. The Morgan fingerprint density at radius 2 is 1.86 bits per heavy atom. The molecule has 3 heterocycles. The zero-order valence-electron chi connectivity index (χ0n) is 14.9. The summed E-state index contributed by atoms with van der Waals surface area (Å²) in [6.07, 6.45) is 5.81. The Kier molecular flexibility index (Phi) is 5.12. The molecule has 1 N–H and O–H groups in total. The van der Waals surface area contributed by atoms with Crippen molar-refractivity contribution in [2.75, 3.05) is 5.32 Å². The van der Waals surface area contributed by atoms with Crippen molar-refractivity contribution in [3.63, 3.8) is 0 Å². The molecule has 0 unspecified atom stereocenters. The first-order valence-corrected chi connectivity index (χ1v) is 8.73. The van der Waals surface area contributed by atoms with Gasteiger partial charge in [0.1, 0.15) is 24.0 Å². The summed E-state index contributed by atoms with van der Waals surface area (Å²) in [4.78, 5) is 20.8. The van der Waals surface area contributed by atoms with Crippen LogP contribution in [0.15, 0.2) is 43.2 Å². The number of ether oxygens (including phenoxy) is 1. The second-order valence-electron chi connectivity index (χ2n) is 5.85. The van der Waals surface area contributed by atoms with Crippen molar-refractivity contribution in [2.45, 2.75) is 19.6 Å². The lowest BCUT2D eigenvalue weighted by Gasteiger charge is -2.16. The van der Waals surface area contributed by atoms with Gasteiger partial charge in [0.05, 0.1) is 6.04 Å². The van der Waals surface area contributed by atoms with E-state index in [2.05, 4.69) is 40.1 Å². The number of rotatable bonds is 6. The summed E-state index contributed by atoms with van der Waals surface area (Å²) in [5.41, 5.74) is 0.201. The summed E-state index contributed by atoms with van der Waals surface area (Å²) in [7, 11) is 0. The van der Waals surface area contributed by atoms with E-state index in [0.717, 1.165) is 0 Å². The van der Waals surface area contributed by atoms with Gasteiger partial charge in [-0.1, -0.05) is 11.6 Å². The van der Waals surface area contributed by atoms with E-state index in [4.69, 9.17) is 11.6 Å². The van der Waals surface area contributed by atoms with Crippen LogP contribution in [0.25, 0.3) is 16.9 Å². The summed E-state index contributed by atoms with van der Waals surface area (Å²) in [6, 6.07) is 4.14. The quantitative estimate of drug-likeness (QED) is 0.508. The van der Waals surface area contributed by atoms with Gasteiger partial charge in [0.25, 0.3) is 5.95 Å². The van der Waals surface area contributed by atoms with E-state index in [9.17, 15) is 8.78 Å². The Morgan fingerprint density at radius 1 is 1.07 bits per heavy atom. The predicted octanol–water partition coefficient (Wildman–Crippen LogP) is 3.43. The van der Waals surface area contributed by atoms with Crippen LogP contribution in [0.4, 0.5) is 14.6 Å². The lowest BCUT2D eigenvalue weighted by atomic mass is 10.2. The molecule has 0 spiro atoms. The Labute approximate surface area is 167 Å². The van der Waals surface area contributed by atoms with E-state index in [1.54, 1.807) is 24.5 Å². The Morgan fingerprint density at radius 3 is 2.62 bits per heavy atom. The van der Waals surface area contributed by atoms with Crippen molar-refractivity contribution in [1.29, 1.82) is 0 Å². The zero-order valence-corrected chi connectivity index (χ0v) is 15.6. The molecule has 1 atom stereocenters. The first-order chi connectivity index (χ1) is 14.0. The van der Waals surface area contributed by atoms with Crippen molar-refractivity contribution in [2.24, 2.45) is 0 Å². The second kappa shape index (κ2) is 7.87. The number of halogens is 3. The SMILES string of the molecule is C[C@H](Nc1ncnc2c(OC(F)F)cc(Cl)cc12)c1ncnn1-c1ncccn1. The fraction of sp³-hybridized carbons (Fsp3) is 0.176. The summed E-state index contributed by atoms with van der Waals surface area (Å²) >= 11 is 6.07. The highest BCUT2D eigenvalue weighted by Gasteiger charge is 2.19. The van der Waals surface area contributed by atoms with Gasteiger partial charge in [0, 0.05) is 28.9 Å². The molecule has 4 rings (SSSR count). The van der Waals surface area contributed by atoms with Crippen LogP contribution in [0.3, 0.4) is 0 Å². The summed E-state index contributed by atoms with van der Waals surface area (Å²) < 4.78 is 31.5. The number of fused-ring (bicyclic) bond motifs is 1. The number of aromatic nitrogens is 7. The third-order valence-electron chi connectivity index (χ3n) is 3.94. The topological polar surface area (TPSA) is 104 Å². The lowest BCUT2D eigenvalue weighted by Crippen LogP contribution is -2.16. The monoisotopic (exact) mass is 418 g/mol. The van der Waals surface area contributed by atoms with E-state index in [0.29, 0.717) is 23.0 Å². The summed E-state index contributed by atoms with van der Waals surface area (Å²) in [6.45, 7) is -1.18. The molecular weight excluding hydrogens is 406 g/mol. The van der Waals surface area contributed by atoms with Gasteiger partial charge in [-0.05, 0) is 19.1 Å². The van der Waals surface area contributed by atoms with Crippen LogP contribution >= 0.6 is 11.6 Å². The zero-order chi connectivity index (χ0) is 20.4. The number of hydrogen-bond acceptors (Lipinski definition) is 8. The average molecular weight is 419 g/mol. The number of benzene rings is 1. The van der Waals surface area contributed by atoms with Crippen molar-refractivity contribution in [3.8, 4) is 11.7 Å². The molecule has 0 bridgehead atoms. The highest BCUT2D eigenvalue weighted by atomic mass is 35.5. The molecule has 148 valence electrons. The van der Waals surface area contributed by atoms with Gasteiger partial charge in [-0.15, -0.1) is 0 Å². The molecule has 3 aromatic heterocycles. The molecule has 4 aromatic rings. The summed E-state index contributed by atoms with van der Waals surface area (Å²) in [5, 5.41) is 7.96. The van der Waals surface area contributed by atoms with Gasteiger partial charge in [0.2, 0.25) is 0 Å². The van der Waals surface area contributed by atoms with Gasteiger partial charge in [-0.3, -0.25) is 0 Å². The van der Waals surface area contributed by atoms with E-state index in [1.807, 2.05) is 6.92 Å². The molecule has 9 nitrogen and oxygen atoms in total. The normalized spacial score (nSPS) is 12.3. The molecule has 0 saturated heterocycles. The Bertz CT molecular complexity index is 1140. The van der Waals surface area contributed by atoms with E-state index in [-0.39, 0.29) is 16.3 Å². The number of alkyl halides is 2. The van der Waals surface area contributed by atoms with Gasteiger partial charge in [0.15, 0.2) is 11.6 Å². The average Bonchev–Trinajstić information content (AvgIpc) is 3.19. The maximum atomic E-state index is 12.7. The number of hydrogen-bond donors (Lipinski definition) is 1. The van der Waals surface area contributed by atoms with E-state index >= 15 is 0 Å². The van der Waals surface area contributed by atoms with Crippen molar-refractivity contribution >= 4 is 28.3 Å². The minimum atomic E-state index is -3.01. The molecule has 1 aromatic carbocycles. The van der Waals surface area contributed by atoms with Crippen molar-refractivity contribution in [1.82, 2.24) is 34.7 Å². The van der Waals surface area contributed by atoms with E-state index in [1.165, 1.54) is 23.4 Å². The molecule has 0 fully saturated rings. The van der Waals surface area contributed by atoms with Gasteiger partial charge >= 0.3 is 6.61 Å². The fourth-order valence-corrected chi connectivity index (χ4v) is 2.98. The highest BCUT2D eigenvalue weighted by Crippen LogP contribution is 2.33. The minimum absolute atomic E-state index is 0.138. The van der Waals surface area contributed by atoms with Crippen LogP contribution in [-0.2, 0) is 0 Å². The van der Waals surface area contributed by atoms with Crippen LogP contribution in [0.2, 0.25) is 5.02 Å². The predicted molar refractivity (Wildman–Crippen MR) is 100 cm³/mol. The first kappa shape index (κ1) is 18.9. The largest absolute Gasteiger partial charge is 0.432 e. The lowest BCUT2D eigenvalue weighted by molar-refractivity contribution is -0.0489. The Hall–Kier alpha value is -3.47. The molecular formula is C17H13ClF2N8O. The van der Waals surface area contributed by atoms with Crippen molar-refractivity contribution < 1.29 is 13.5 Å². The molecule has 0 aliphatic heterocycles. The van der Waals surface area contributed by atoms with Crippen LogP contribution in [-0.4, -0.2) is 41.3 Å². The number of nitrogens with one attached hydrogen (secondary N) is 1. The first-order valence-electron chi connectivity index (χ1n) is 8.36. The molecule has 29 heavy (non-hydrogen) atoms. The maximum absolute atomic E-state index is 12.7.